The number of sulfonamides is 1. The number of anilines is 2. The molecular formula is C32H34N4O5S. The van der Waals surface area contributed by atoms with Gasteiger partial charge in [-0.05, 0) is 59.0 Å². The Labute approximate surface area is 246 Å². The van der Waals surface area contributed by atoms with Gasteiger partial charge in [0.2, 0.25) is 15.9 Å². The number of nitrogens with one attached hydrogen (secondary N) is 3. The highest BCUT2D eigenvalue weighted by atomic mass is 32.2. The molecule has 3 aromatic carbocycles. The molecule has 0 saturated heterocycles. The summed E-state index contributed by atoms with van der Waals surface area (Å²) in [6.45, 7) is 6.68. The summed E-state index contributed by atoms with van der Waals surface area (Å²) < 4.78 is 38.0. The van der Waals surface area contributed by atoms with Crippen molar-refractivity contribution >= 4 is 27.3 Å². The minimum absolute atomic E-state index is 0.299. The highest BCUT2D eigenvalue weighted by molar-refractivity contribution is 7.92. The Hall–Kier alpha value is -4.57. The van der Waals surface area contributed by atoms with E-state index in [9.17, 15) is 13.2 Å². The van der Waals surface area contributed by atoms with Gasteiger partial charge in [0.25, 0.3) is 5.91 Å². The zero-order valence-electron chi connectivity index (χ0n) is 24.2. The highest BCUT2D eigenvalue weighted by Gasteiger charge is 2.31. The summed E-state index contributed by atoms with van der Waals surface area (Å²) in [5, 5.41) is 6.41. The van der Waals surface area contributed by atoms with Crippen LogP contribution in [-0.4, -0.2) is 32.7 Å². The van der Waals surface area contributed by atoms with E-state index in [1.807, 2.05) is 48.5 Å². The normalized spacial score (nSPS) is 14.8. The first-order valence-corrected chi connectivity index (χ1v) is 15.4. The zero-order chi connectivity index (χ0) is 30.1. The quantitative estimate of drug-likeness (QED) is 0.237. The molecule has 0 fully saturated rings. The maximum atomic E-state index is 13.3. The monoisotopic (exact) mass is 586 g/mol. The number of rotatable bonds is 8. The Balaban J connectivity index is 1.57. The van der Waals surface area contributed by atoms with Gasteiger partial charge >= 0.3 is 0 Å². The van der Waals surface area contributed by atoms with E-state index < -0.39 is 16.2 Å². The molecule has 3 N–H and O–H groups in total. The topological polar surface area (TPSA) is 119 Å². The fraction of sp³-hybridized carbons (Fsp3) is 0.250. The second kappa shape index (κ2) is 11.4. The third kappa shape index (κ3) is 6.33. The maximum absolute atomic E-state index is 13.3. The van der Waals surface area contributed by atoms with Crippen molar-refractivity contribution in [2.45, 2.75) is 39.0 Å². The van der Waals surface area contributed by atoms with Gasteiger partial charge in [-0.15, -0.1) is 0 Å². The van der Waals surface area contributed by atoms with Crippen molar-refractivity contribution in [2.75, 3.05) is 23.4 Å². The minimum atomic E-state index is -3.49. The third-order valence-corrected chi connectivity index (χ3v) is 7.49. The number of hydrogen-bond donors (Lipinski definition) is 3. The number of ether oxygens (including phenoxy) is 2. The molecule has 0 bridgehead atoms. The summed E-state index contributed by atoms with van der Waals surface area (Å²) in [7, 11) is -1.87. The van der Waals surface area contributed by atoms with Gasteiger partial charge in [0, 0.05) is 34.3 Å². The van der Waals surface area contributed by atoms with E-state index in [4.69, 9.17) is 9.47 Å². The molecule has 1 atom stereocenters. The molecule has 9 nitrogen and oxygen atoms in total. The highest BCUT2D eigenvalue weighted by Crippen LogP contribution is 2.43. The molecular weight excluding hydrogens is 552 g/mol. The Morgan fingerprint density at radius 2 is 1.71 bits per heavy atom. The van der Waals surface area contributed by atoms with E-state index in [0.717, 1.165) is 34.1 Å². The summed E-state index contributed by atoms with van der Waals surface area (Å²) >= 11 is 0. The lowest BCUT2D eigenvalue weighted by atomic mass is 9.82. The first-order chi connectivity index (χ1) is 19.9. The molecule has 10 heteroatoms. The molecule has 1 aromatic heterocycles. The lowest BCUT2D eigenvalue weighted by Gasteiger charge is -2.32. The molecule has 0 spiro atoms. The van der Waals surface area contributed by atoms with Crippen LogP contribution in [0.25, 0.3) is 11.1 Å². The molecule has 218 valence electrons. The number of benzene rings is 3. The standard InChI is InChI=1S/C32H34N4O5S/c1-32(2,3)26-17-21(23-12-9-15-33-31(23)41-19-20-10-7-6-8-11-20)16-25(28(26)40-4)29-34-27-14-13-22(36-42(5,38)39)18-24(27)30(37)35-29/h6-18,29,34,36H,19H2,1-5H3,(H,35,37). The lowest BCUT2D eigenvalue weighted by molar-refractivity contribution is 0.0935. The summed E-state index contributed by atoms with van der Waals surface area (Å²) in [6, 6.07) is 22.6. The number of nitrogens with zero attached hydrogens (tertiary/aromatic N) is 1. The largest absolute Gasteiger partial charge is 0.496 e. The van der Waals surface area contributed by atoms with Crippen LogP contribution in [0.1, 0.15) is 54.0 Å². The molecule has 2 heterocycles. The smallest absolute Gasteiger partial charge is 0.255 e. The van der Waals surface area contributed by atoms with Crippen molar-refractivity contribution in [2.24, 2.45) is 0 Å². The molecule has 1 aliphatic rings. The van der Waals surface area contributed by atoms with Crippen LogP contribution in [0.4, 0.5) is 11.4 Å². The summed E-state index contributed by atoms with van der Waals surface area (Å²) in [5.41, 5.74) is 5.29. The van der Waals surface area contributed by atoms with Gasteiger partial charge in [0.15, 0.2) is 0 Å². The van der Waals surface area contributed by atoms with Crippen LogP contribution >= 0.6 is 0 Å². The van der Waals surface area contributed by atoms with Crippen molar-refractivity contribution in [1.29, 1.82) is 0 Å². The fourth-order valence-electron chi connectivity index (χ4n) is 4.95. The van der Waals surface area contributed by atoms with Crippen molar-refractivity contribution in [1.82, 2.24) is 10.3 Å². The van der Waals surface area contributed by atoms with Gasteiger partial charge in [-0.1, -0.05) is 51.1 Å². The van der Waals surface area contributed by atoms with Gasteiger partial charge in [-0.3, -0.25) is 9.52 Å². The first-order valence-electron chi connectivity index (χ1n) is 13.5. The van der Waals surface area contributed by atoms with Crippen LogP contribution in [0.3, 0.4) is 0 Å². The summed E-state index contributed by atoms with van der Waals surface area (Å²) in [5.74, 6) is 0.802. The van der Waals surface area contributed by atoms with Gasteiger partial charge in [0.1, 0.15) is 18.5 Å². The molecule has 1 amide bonds. The summed E-state index contributed by atoms with van der Waals surface area (Å²) in [4.78, 5) is 17.8. The zero-order valence-corrected chi connectivity index (χ0v) is 25.0. The Morgan fingerprint density at radius 3 is 2.40 bits per heavy atom. The number of carbonyl (C=O) groups excluding carboxylic acids is 1. The predicted molar refractivity (Wildman–Crippen MR) is 164 cm³/mol. The molecule has 0 aliphatic carbocycles. The van der Waals surface area contributed by atoms with Gasteiger partial charge in [-0.25, -0.2) is 13.4 Å². The number of carbonyl (C=O) groups is 1. The average molecular weight is 587 g/mol. The van der Waals surface area contributed by atoms with E-state index in [2.05, 4.69) is 47.2 Å². The molecule has 42 heavy (non-hydrogen) atoms. The molecule has 0 saturated carbocycles. The number of methoxy groups -OCH3 is 1. The van der Waals surface area contributed by atoms with Gasteiger partial charge in [0.05, 0.1) is 18.9 Å². The van der Waals surface area contributed by atoms with Crippen molar-refractivity contribution in [3.8, 4) is 22.8 Å². The maximum Gasteiger partial charge on any atom is 0.255 e. The molecule has 0 radical (unpaired) electrons. The van der Waals surface area contributed by atoms with E-state index >= 15 is 0 Å². The second-order valence-electron chi connectivity index (χ2n) is 11.2. The third-order valence-electron chi connectivity index (χ3n) is 6.88. The Kier molecular flexibility index (Phi) is 7.83. The van der Waals surface area contributed by atoms with Crippen molar-refractivity contribution in [3.05, 3.63) is 101 Å². The van der Waals surface area contributed by atoms with Crippen LogP contribution in [0, 0.1) is 0 Å². The number of pyridine rings is 1. The van der Waals surface area contributed by atoms with Gasteiger partial charge < -0.3 is 20.1 Å². The van der Waals surface area contributed by atoms with Crippen LogP contribution in [0.2, 0.25) is 0 Å². The van der Waals surface area contributed by atoms with E-state index in [-0.39, 0.29) is 11.3 Å². The van der Waals surface area contributed by atoms with E-state index in [1.165, 1.54) is 6.07 Å². The predicted octanol–water partition coefficient (Wildman–Crippen LogP) is 5.86. The van der Waals surface area contributed by atoms with E-state index in [0.29, 0.717) is 35.2 Å². The minimum Gasteiger partial charge on any atom is -0.496 e. The second-order valence-corrected chi connectivity index (χ2v) is 13.0. The molecule has 1 unspecified atom stereocenters. The molecule has 4 aromatic rings. The number of aromatic nitrogens is 1. The number of fused-ring (bicyclic) bond motifs is 1. The van der Waals surface area contributed by atoms with Gasteiger partial charge in [-0.2, -0.15) is 0 Å². The molecule has 5 rings (SSSR count). The summed E-state index contributed by atoms with van der Waals surface area (Å²) in [6.07, 6.45) is 2.14. The van der Waals surface area contributed by atoms with Crippen LogP contribution in [-0.2, 0) is 22.0 Å². The SMILES string of the molecule is COc1c(C2NC(=O)c3cc(NS(C)(=O)=O)ccc3N2)cc(-c2cccnc2OCc2ccccc2)cc1C(C)(C)C. The van der Waals surface area contributed by atoms with Crippen LogP contribution in [0.5, 0.6) is 11.6 Å². The Morgan fingerprint density at radius 1 is 0.952 bits per heavy atom. The number of amides is 1. The number of hydrogen-bond acceptors (Lipinski definition) is 7. The van der Waals surface area contributed by atoms with Crippen LogP contribution < -0.4 is 24.8 Å². The molecule has 1 aliphatic heterocycles. The fourth-order valence-corrected chi connectivity index (χ4v) is 5.50. The average Bonchev–Trinajstić information content (AvgIpc) is 2.95. The Bertz CT molecular complexity index is 1730. The van der Waals surface area contributed by atoms with E-state index in [1.54, 1.807) is 25.4 Å². The van der Waals surface area contributed by atoms with Crippen molar-refractivity contribution in [3.63, 3.8) is 0 Å². The lowest BCUT2D eigenvalue weighted by Crippen LogP contribution is -2.39. The first kappa shape index (κ1) is 28.9. The van der Waals surface area contributed by atoms with Crippen molar-refractivity contribution < 1.29 is 22.7 Å². The van der Waals surface area contributed by atoms with Crippen LogP contribution in [0.15, 0.2) is 79.0 Å².